The van der Waals surface area contributed by atoms with Gasteiger partial charge in [0.25, 0.3) is 11.2 Å². The van der Waals surface area contributed by atoms with Gasteiger partial charge in [0.05, 0.1) is 36.1 Å². The van der Waals surface area contributed by atoms with Gasteiger partial charge in [0, 0.05) is 0 Å². The Balaban J connectivity index is 2.32. The van der Waals surface area contributed by atoms with E-state index in [0.717, 1.165) is 18.3 Å². The molecule has 3 N–H and O–H groups in total. The molecule has 1 aromatic heterocycles. The molecule has 0 bridgehead atoms. The molecule has 0 saturated heterocycles. The molecule has 2 rings (SSSR count). The number of aromatic nitrogens is 2. The van der Waals surface area contributed by atoms with Crippen molar-refractivity contribution in [3.63, 3.8) is 0 Å². The smallest absolute Gasteiger partial charge is 0.285 e. The number of nitro groups is 1. The molecule has 1 aromatic carbocycles. The van der Waals surface area contributed by atoms with Crippen LogP contribution in [0.5, 0.6) is 11.5 Å². The van der Waals surface area contributed by atoms with E-state index < -0.39 is 10.5 Å². The van der Waals surface area contributed by atoms with Crippen molar-refractivity contribution in [3.05, 3.63) is 49.4 Å². The topological polar surface area (TPSA) is 143 Å². The number of aromatic hydroxyl groups is 1. The number of nitrogens with zero attached hydrogens (tertiary/aromatic N) is 3. The first-order valence-corrected chi connectivity index (χ1v) is 6.39. The van der Waals surface area contributed by atoms with Crippen LogP contribution >= 0.6 is 11.6 Å². The van der Waals surface area contributed by atoms with Gasteiger partial charge in [0.2, 0.25) is 0 Å². The zero-order valence-corrected chi connectivity index (χ0v) is 12.4. The molecule has 0 aliphatic carbocycles. The van der Waals surface area contributed by atoms with Crippen molar-refractivity contribution in [3.8, 4) is 11.5 Å². The lowest BCUT2D eigenvalue weighted by molar-refractivity contribution is -0.385. The van der Waals surface area contributed by atoms with Crippen molar-refractivity contribution in [2.24, 2.45) is 5.10 Å². The number of H-pyrrole nitrogens is 1. The number of hydrazone groups is 1. The predicted octanol–water partition coefficient (Wildman–Crippen LogP) is 1.49. The third kappa shape index (κ3) is 3.55. The summed E-state index contributed by atoms with van der Waals surface area (Å²) in [4.78, 5) is 21.6. The van der Waals surface area contributed by atoms with Gasteiger partial charge < -0.3 is 9.84 Å². The summed E-state index contributed by atoms with van der Waals surface area (Å²) in [5, 5.41) is 30.0. The Morgan fingerprint density at radius 3 is 2.96 bits per heavy atom. The highest BCUT2D eigenvalue weighted by molar-refractivity contribution is 6.32. The van der Waals surface area contributed by atoms with Crippen LogP contribution in [0, 0.1) is 10.1 Å². The molecule has 11 heteroatoms. The zero-order chi connectivity index (χ0) is 17.0. The number of aromatic amines is 1. The number of hydrogen-bond donors (Lipinski definition) is 3. The summed E-state index contributed by atoms with van der Waals surface area (Å²) in [6.07, 6.45) is 2.32. The molecule has 0 spiro atoms. The van der Waals surface area contributed by atoms with Gasteiger partial charge in [0.15, 0.2) is 11.5 Å². The monoisotopic (exact) mass is 339 g/mol. The van der Waals surface area contributed by atoms with Gasteiger partial charge in [-0.2, -0.15) is 10.2 Å². The molecule has 0 aliphatic rings. The van der Waals surface area contributed by atoms with E-state index >= 15 is 0 Å². The van der Waals surface area contributed by atoms with Crippen molar-refractivity contribution < 1.29 is 14.8 Å². The van der Waals surface area contributed by atoms with E-state index in [2.05, 4.69) is 20.7 Å². The molecule has 120 valence electrons. The number of phenolic OH excluding ortho intramolecular Hbond substituents is 1. The van der Waals surface area contributed by atoms with Gasteiger partial charge in [-0.1, -0.05) is 11.6 Å². The van der Waals surface area contributed by atoms with Gasteiger partial charge in [-0.3, -0.25) is 20.3 Å². The number of rotatable bonds is 5. The van der Waals surface area contributed by atoms with E-state index in [0.29, 0.717) is 0 Å². The van der Waals surface area contributed by atoms with Crippen LogP contribution < -0.4 is 15.7 Å². The Bertz CT molecular complexity index is 835. The maximum absolute atomic E-state index is 11.3. The lowest BCUT2D eigenvalue weighted by Crippen LogP contribution is -2.10. The van der Waals surface area contributed by atoms with Crippen LogP contribution in [-0.2, 0) is 0 Å². The average Bonchev–Trinajstić information content (AvgIpc) is 2.51. The molecular formula is C12H10ClN5O5. The first-order chi connectivity index (χ1) is 10.9. The lowest BCUT2D eigenvalue weighted by atomic mass is 10.1. The number of benzene rings is 1. The van der Waals surface area contributed by atoms with Gasteiger partial charge in [-0.05, 0) is 6.07 Å². The Morgan fingerprint density at radius 1 is 1.57 bits per heavy atom. The Morgan fingerprint density at radius 2 is 2.30 bits per heavy atom. The highest BCUT2D eigenvalue weighted by atomic mass is 35.5. The maximum Gasteiger partial charge on any atom is 0.285 e. The largest absolute Gasteiger partial charge is 0.504 e. The summed E-state index contributed by atoms with van der Waals surface area (Å²) in [6, 6.07) is 2.19. The first-order valence-electron chi connectivity index (χ1n) is 6.01. The molecule has 2 aromatic rings. The molecule has 0 radical (unpaired) electrons. The van der Waals surface area contributed by atoms with Gasteiger partial charge in [-0.25, -0.2) is 5.10 Å². The van der Waals surface area contributed by atoms with E-state index in [1.54, 1.807) is 0 Å². The van der Waals surface area contributed by atoms with Crippen molar-refractivity contribution >= 4 is 29.2 Å². The number of nitrogens with one attached hydrogen (secondary N) is 2. The normalized spacial score (nSPS) is 10.7. The second-order valence-corrected chi connectivity index (χ2v) is 4.51. The van der Waals surface area contributed by atoms with Crippen LogP contribution in [0.15, 0.2) is 28.2 Å². The van der Waals surface area contributed by atoms with Gasteiger partial charge in [0.1, 0.15) is 10.7 Å². The quantitative estimate of drug-likeness (QED) is 0.425. The summed E-state index contributed by atoms with van der Waals surface area (Å²) in [5.41, 5.74) is 1.65. The Kier molecular flexibility index (Phi) is 4.76. The van der Waals surface area contributed by atoms with E-state index in [4.69, 9.17) is 16.3 Å². The number of methoxy groups -OCH3 is 1. The fraction of sp³-hybridized carbons (Fsp3) is 0.0833. The zero-order valence-electron chi connectivity index (χ0n) is 11.6. The first kappa shape index (κ1) is 16.2. The van der Waals surface area contributed by atoms with Crippen molar-refractivity contribution in [2.75, 3.05) is 12.5 Å². The van der Waals surface area contributed by atoms with Crippen LogP contribution in [0.25, 0.3) is 0 Å². The second-order valence-electron chi connectivity index (χ2n) is 4.14. The van der Waals surface area contributed by atoms with Crippen molar-refractivity contribution in [2.45, 2.75) is 0 Å². The molecule has 0 amide bonds. The minimum absolute atomic E-state index is 0.0229. The number of ether oxygens (including phenoxy) is 1. The molecule has 1 heterocycles. The van der Waals surface area contributed by atoms with Gasteiger partial charge >= 0.3 is 0 Å². The number of phenols is 1. The molecule has 0 aliphatic heterocycles. The van der Waals surface area contributed by atoms with Gasteiger partial charge in [-0.15, -0.1) is 0 Å². The van der Waals surface area contributed by atoms with Crippen LogP contribution in [0.1, 0.15) is 5.56 Å². The highest BCUT2D eigenvalue weighted by Crippen LogP contribution is 2.32. The minimum Gasteiger partial charge on any atom is -0.504 e. The standard InChI is InChI=1S/C12H10ClN5O5/c1-23-10-3-8(18(21)22)6(2-9(10)19)4-14-16-7-5-15-17-12(20)11(7)13/h2-5,19H,1H3,(H2,16,17,20)/b14-4+. The van der Waals surface area contributed by atoms with Crippen LogP contribution in [-0.4, -0.2) is 33.6 Å². The molecule has 0 atom stereocenters. The van der Waals surface area contributed by atoms with E-state index in [9.17, 15) is 20.0 Å². The van der Waals surface area contributed by atoms with E-state index in [-0.39, 0.29) is 33.5 Å². The fourth-order valence-corrected chi connectivity index (χ4v) is 1.76. The molecule has 10 nitrogen and oxygen atoms in total. The molecule has 0 unspecified atom stereocenters. The number of anilines is 1. The summed E-state index contributed by atoms with van der Waals surface area (Å²) in [6.45, 7) is 0. The Labute approximate surface area is 133 Å². The third-order valence-electron chi connectivity index (χ3n) is 2.71. The highest BCUT2D eigenvalue weighted by Gasteiger charge is 2.17. The number of nitro benzene ring substituents is 1. The van der Waals surface area contributed by atoms with Crippen molar-refractivity contribution in [1.82, 2.24) is 10.2 Å². The van der Waals surface area contributed by atoms with Crippen molar-refractivity contribution in [1.29, 1.82) is 0 Å². The summed E-state index contributed by atoms with van der Waals surface area (Å²) in [5.74, 6) is -0.320. The lowest BCUT2D eigenvalue weighted by Gasteiger charge is -2.05. The van der Waals surface area contributed by atoms with Crippen LogP contribution in [0.3, 0.4) is 0 Å². The Hall–Kier alpha value is -3.14. The molecule has 0 saturated carbocycles. The number of hydrogen-bond acceptors (Lipinski definition) is 8. The van der Waals surface area contributed by atoms with Crippen LogP contribution in [0.2, 0.25) is 5.02 Å². The minimum atomic E-state index is -0.648. The van der Waals surface area contributed by atoms with E-state index in [1.165, 1.54) is 13.3 Å². The fourth-order valence-electron chi connectivity index (χ4n) is 1.63. The predicted molar refractivity (Wildman–Crippen MR) is 82.4 cm³/mol. The molecule has 23 heavy (non-hydrogen) atoms. The summed E-state index contributed by atoms with van der Waals surface area (Å²) >= 11 is 5.74. The second kappa shape index (κ2) is 6.75. The summed E-state index contributed by atoms with van der Waals surface area (Å²) < 4.78 is 4.82. The molecule has 0 fully saturated rings. The average molecular weight is 340 g/mol. The summed E-state index contributed by atoms with van der Waals surface area (Å²) in [7, 11) is 1.27. The molecular weight excluding hydrogens is 330 g/mol. The third-order valence-corrected chi connectivity index (χ3v) is 3.08. The number of halogens is 1. The van der Waals surface area contributed by atoms with E-state index in [1.807, 2.05) is 0 Å². The maximum atomic E-state index is 11.3. The van der Waals surface area contributed by atoms with Crippen LogP contribution in [0.4, 0.5) is 11.4 Å². The SMILES string of the molecule is COc1cc([N+](=O)[O-])c(/C=N/Nc2cn[nH]c(=O)c2Cl)cc1O.